The van der Waals surface area contributed by atoms with Crippen molar-refractivity contribution in [3.8, 4) is 0 Å². The van der Waals surface area contributed by atoms with Gasteiger partial charge in [-0.2, -0.15) is 0 Å². The molecule has 2 amide bonds. The fraction of sp³-hybridized carbons (Fsp3) is 0.440. The van der Waals surface area contributed by atoms with Crippen LogP contribution in [0, 0.1) is 0 Å². The second-order valence-corrected chi connectivity index (χ2v) is 9.29. The Morgan fingerprint density at radius 2 is 1.62 bits per heavy atom. The molecule has 2 aromatic rings. The largest absolute Gasteiger partial charge is 0.444 e. The van der Waals surface area contributed by atoms with E-state index in [1.165, 1.54) is 5.56 Å². The normalized spacial score (nSPS) is 15.2. The quantitative estimate of drug-likeness (QED) is 0.719. The van der Waals surface area contributed by atoms with Gasteiger partial charge in [0, 0.05) is 50.5 Å². The third-order valence-electron chi connectivity index (χ3n) is 5.24. The van der Waals surface area contributed by atoms with Gasteiger partial charge >= 0.3 is 6.09 Å². The summed E-state index contributed by atoms with van der Waals surface area (Å²) in [6, 6.07) is 15.1. The van der Waals surface area contributed by atoms with Gasteiger partial charge in [-0.05, 0) is 63.2 Å². The Morgan fingerprint density at radius 3 is 2.28 bits per heavy atom. The molecule has 1 aliphatic heterocycles. The summed E-state index contributed by atoms with van der Waals surface area (Å²) in [5.41, 5.74) is 2.89. The van der Waals surface area contributed by atoms with E-state index in [-0.39, 0.29) is 5.91 Å². The fourth-order valence-electron chi connectivity index (χ4n) is 3.51. The molecule has 1 aliphatic rings. The van der Waals surface area contributed by atoms with Crippen LogP contribution in [-0.2, 0) is 17.8 Å². The van der Waals surface area contributed by atoms with Crippen LogP contribution in [0.15, 0.2) is 48.5 Å². The van der Waals surface area contributed by atoms with Crippen LogP contribution in [-0.4, -0.2) is 60.6 Å². The van der Waals surface area contributed by atoms with E-state index in [0.717, 1.165) is 38.3 Å². The number of ether oxygens (including phenoxy) is 1. The summed E-state index contributed by atoms with van der Waals surface area (Å²) in [6.07, 6.45) is -0.522. The molecule has 1 fully saturated rings. The van der Waals surface area contributed by atoms with Gasteiger partial charge in [-0.3, -0.25) is 15.0 Å². The highest BCUT2D eigenvalue weighted by atomic mass is 16.6. The number of piperazine rings is 1. The van der Waals surface area contributed by atoms with Gasteiger partial charge in [0.1, 0.15) is 5.60 Å². The number of likely N-dealkylation sites (N-methyl/N-ethyl adjacent to an activating group) is 1. The maximum absolute atomic E-state index is 12.5. The zero-order chi connectivity index (χ0) is 23.1. The maximum Gasteiger partial charge on any atom is 0.412 e. The van der Waals surface area contributed by atoms with E-state index >= 15 is 0 Å². The topological polar surface area (TPSA) is 73.9 Å². The van der Waals surface area contributed by atoms with E-state index in [2.05, 4.69) is 39.6 Å². The molecule has 7 nitrogen and oxygen atoms in total. The van der Waals surface area contributed by atoms with Gasteiger partial charge in [0.15, 0.2) is 0 Å². The summed E-state index contributed by atoms with van der Waals surface area (Å²) in [4.78, 5) is 29.2. The van der Waals surface area contributed by atoms with Crippen molar-refractivity contribution in [2.45, 2.75) is 39.5 Å². The number of carbonyl (C=O) groups excluding carboxylic acids is 2. The standard InChI is InChI=1S/C25H34N4O3/c1-25(2,3)32-24(31)27-22-10-8-21(9-11-22)23(30)26-17-19-6-5-7-20(16-19)18-29-14-12-28(4)13-15-29/h5-11,16H,12-15,17-18H2,1-4H3,(H,26,30)(H,27,31). The molecular formula is C25H34N4O3. The molecule has 0 bridgehead atoms. The molecule has 172 valence electrons. The molecular weight excluding hydrogens is 404 g/mol. The van der Waals surface area contributed by atoms with Crippen molar-refractivity contribution in [2.75, 3.05) is 38.5 Å². The molecule has 1 heterocycles. The van der Waals surface area contributed by atoms with Crippen molar-refractivity contribution in [3.63, 3.8) is 0 Å². The van der Waals surface area contributed by atoms with Gasteiger partial charge in [-0.1, -0.05) is 24.3 Å². The predicted octanol–water partition coefficient (Wildman–Crippen LogP) is 3.71. The number of anilines is 1. The van der Waals surface area contributed by atoms with Crippen LogP contribution >= 0.6 is 0 Å². The van der Waals surface area contributed by atoms with E-state index in [1.807, 2.05) is 32.9 Å². The summed E-state index contributed by atoms with van der Waals surface area (Å²) in [6.45, 7) is 11.2. The molecule has 2 N–H and O–H groups in total. The minimum absolute atomic E-state index is 0.154. The van der Waals surface area contributed by atoms with E-state index in [0.29, 0.717) is 17.8 Å². The second-order valence-electron chi connectivity index (χ2n) is 9.29. The van der Waals surface area contributed by atoms with Gasteiger partial charge < -0.3 is 15.0 Å². The van der Waals surface area contributed by atoms with Crippen molar-refractivity contribution < 1.29 is 14.3 Å². The van der Waals surface area contributed by atoms with Crippen LogP contribution in [0.1, 0.15) is 42.3 Å². The van der Waals surface area contributed by atoms with Gasteiger partial charge in [0.25, 0.3) is 5.91 Å². The number of benzene rings is 2. The second kappa shape index (κ2) is 10.6. The first-order valence-electron chi connectivity index (χ1n) is 11.0. The highest BCUT2D eigenvalue weighted by molar-refractivity contribution is 5.95. The van der Waals surface area contributed by atoms with Crippen LogP contribution in [0.2, 0.25) is 0 Å². The van der Waals surface area contributed by atoms with Crippen molar-refractivity contribution in [1.82, 2.24) is 15.1 Å². The van der Waals surface area contributed by atoms with E-state index in [1.54, 1.807) is 24.3 Å². The number of hydrogen-bond donors (Lipinski definition) is 2. The molecule has 0 aliphatic carbocycles. The van der Waals surface area contributed by atoms with Gasteiger partial charge in [-0.15, -0.1) is 0 Å². The number of nitrogens with one attached hydrogen (secondary N) is 2. The minimum atomic E-state index is -0.564. The number of carbonyl (C=O) groups is 2. The first-order valence-corrected chi connectivity index (χ1v) is 11.0. The Bertz CT molecular complexity index is 914. The predicted molar refractivity (Wildman–Crippen MR) is 127 cm³/mol. The lowest BCUT2D eigenvalue weighted by Crippen LogP contribution is -2.43. The van der Waals surface area contributed by atoms with Crippen molar-refractivity contribution in [2.24, 2.45) is 0 Å². The molecule has 32 heavy (non-hydrogen) atoms. The average Bonchev–Trinajstić information content (AvgIpc) is 2.73. The molecule has 1 saturated heterocycles. The molecule has 3 rings (SSSR count). The van der Waals surface area contributed by atoms with E-state index in [4.69, 9.17) is 4.74 Å². The van der Waals surface area contributed by atoms with Crippen molar-refractivity contribution >= 4 is 17.7 Å². The molecule has 2 aromatic carbocycles. The van der Waals surface area contributed by atoms with Crippen LogP contribution in [0.5, 0.6) is 0 Å². The highest BCUT2D eigenvalue weighted by Gasteiger charge is 2.16. The minimum Gasteiger partial charge on any atom is -0.444 e. The third-order valence-corrected chi connectivity index (χ3v) is 5.24. The lowest BCUT2D eigenvalue weighted by Gasteiger charge is -2.32. The van der Waals surface area contributed by atoms with Crippen LogP contribution in [0.4, 0.5) is 10.5 Å². The number of hydrogen-bond acceptors (Lipinski definition) is 5. The first-order chi connectivity index (χ1) is 15.2. The zero-order valence-corrected chi connectivity index (χ0v) is 19.5. The lowest BCUT2D eigenvalue weighted by molar-refractivity contribution is 0.0635. The third kappa shape index (κ3) is 7.66. The van der Waals surface area contributed by atoms with Crippen LogP contribution in [0.25, 0.3) is 0 Å². The number of nitrogens with zero attached hydrogens (tertiary/aromatic N) is 2. The number of rotatable bonds is 6. The molecule has 7 heteroatoms. The molecule has 0 saturated carbocycles. The average molecular weight is 439 g/mol. The van der Waals surface area contributed by atoms with Crippen LogP contribution in [0.3, 0.4) is 0 Å². The van der Waals surface area contributed by atoms with Gasteiger partial charge in [-0.25, -0.2) is 4.79 Å². The van der Waals surface area contributed by atoms with Crippen molar-refractivity contribution in [3.05, 3.63) is 65.2 Å². The summed E-state index contributed by atoms with van der Waals surface area (Å²) in [5.74, 6) is -0.154. The molecule has 0 radical (unpaired) electrons. The van der Waals surface area contributed by atoms with Gasteiger partial charge in [0.2, 0.25) is 0 Å². The summed E-state index contributed by atoms with van der Waals surface area (Å²) < 4.78 is 5.23. The molecule has 0 aromatic heterocycles. The maximum atomic E-state index is 12.5. The van der Waals surface area contributed by atoms with Gasteiger partial charge in [0.05, 0.1) is 0 Å². The molecule has 0 unspecified atom stereocenters. The Balaban J connectivity index is 1.49. The summed E-state index contributed by atoms with van der Waals surface area (Å²) >= 11 is 0. The Labute approximate surface area is 190 Å². The number of amides is 2. The smallest absolute Gasteiger partial charge is 0.412 e. The van der Waals surface area contributed by atoms with E-state index < -0.39 is 11.7 Å². The molecule has 0 spiro atoms. The van der Waals surface area contributed by atoms with Crippen molar-refractivity contribution in [1.29, 1.82) is 0 Å². The highest BCUT2D eigenvalue weighted by Crippen LogP contribution is 2.14. The Kier molecular flexibility index (Phi) is 7.88. The first kappa shape index (κ1) is 23.8. The monoisotopic (exact) mass is 438 g/mol. The summed E-state index contributed by atoms with van der Waals surface area (Å²) in [7, 11) is 2.16. The molecule has 0 atom stereocenters. The lowest BCUT2D eigenvalue weighted by atomic mass is 10.1. The zero-order valence-electron chi connectivity index (χ0n) is 19.5. The SMILES string of the molecule is CN1CCN(Cc2cccc(CNC(=O)c3ccc(NC(=O)OC(C)(C)C)cc3)c2)CC1. The Morgan fingerprint density at radius 1 is 0.969 bits per heavy atom. The van der Waals surface area contributed by atoms with E-state index in [9.17, 15) is 9.59 Å². The Hall–Kier alpha value is -2.90. The fourth-order valence-corrected chi connectivity index (χ4v) is 3.51. The van der Waals surface area contributed by atoms with Crippen LogP contribution < -0.4 is 10.6 Å². The summed E-state index contributed by atoms with van der Waals surface area (Å²) in [5, 5.41) is 5.64.